The van der Waals surface area contributed by atoms with E-state index in [1.165, 1.54) is 4.88 Å². The third-order valence-electron chi connectivity index (χ3n) is 4.56. The van der Waals surface area contributed by atoms with Crippen LogP contribution in [0.15, 0.2) is 41.8 Å². The molecule has 3 rings (SSSR count). The van der Waals surface area contributed by atoms with E-state index in [0.29, 0.717) is 11.3 Å². The van der Waals surface area contributed by atoms with Gasteiger partial charge in [0.2, 0.25) is 5.91 Å². The van der Waals surface area contributed by atoms with Crippen LogP contribution in [-0.2, 0) is 20.8 Å². The van der Waals surface area contributed by atoms with Gasteiger partial charge >= 0.3 is 5.97 Å². The van der Waals surface area contributed by atoms with E-state index >= 15 is 0 Å². The molecular weight excluding hydrogens is 388 g/mol. The fourth-order valence-corrected chi connectivity index (χ4v) is 4.01. The van der Waals surface area contributed by atoms with Crippen LogP contribution in [0.3, 0.4) is 0 Å². The highest BCUT2D eigenvalue weighted by Crippen LogP contribution is 2.18. The molecule has 1 aromatic heterocycles. The number of nitrogens with zero attached hydrogens (tertiary/aromatic N) is 1. The van der Waals surface area contributed by atoms with Crippen LogP contribution in [-0.4, -0.2) is 48.7 Å². The van der Waals surface area contributed by atoms with Crippen molar-refractivity contribution in [1.29, 1.82) is 0 Å². The van der Waals surface area contributed by atoms with Gasteiger partial charge in [0.05, 0.1) is 24.3 Å². The number of carbonyl (C=O) groups excluding carboxylic acids is 2. The Morgan fingerprint density at radius 2 is 2.07 bits per heavy atom. The monoisotopic (exact) mass is 416 g/mol. The summed E-state index contributed by atoms with van der Waals surface area (Å²) in [7, 11) is 0. The molecule has 2 aromatic rings. The number of hydrogen-bond acceptors (Lipinski definition) is 6. The van der Waals surface area contributed by atoms with E-state index < -0.39 is 0 Å². The molecule has 156 valence electrons. The summed E-state index contributed by atoms with van der Waals surface area (Å²) in [5.74, 6) is -0.450. The zero-order chi connectivity index (χ0) is 20.6. The second-order valence-corrected chi connectivity index (χ2v) is 8.50. The normalized spacial score (nSPS) is 16.3. The number of esters is 1. The second kappa shape index (κ2) is 10.5. The first-order valence-corrected chi connectivity index (χ1v) is 10.8. The fraction of sp³-hybridized carbons (Fsp3) is 0.455. The Morgan fingerprint density at radius 3 is 2.69 bits per heavy atom. The predicted molar refractivity (Wildman–Crippen MR) is 114 cm³/mol. The third-order valence-corrected chi connectivity index (χ3v) is 5.42. The van der Waals surface area contributed by atoms with Crippen molar-refractivity contribution in [2.24, 2.45) is 0 Å². The minimum absolute atomic E-state index is 0.0861. The quantitative estimate of drug-likeness (QED) is 0.627. The highest BCUT2D eigenvalue weighted by atomic mass is 32.1. The van der Waals surface area contributed by atoms with Crippen molar-refractivity contribution in [3.63, 3.8) is 0 Å². The molecule has 0 radical (unpaired) electrons. The zero-order valence-corrected chi connectivity index (χ0v) is 17.7. The summed E-state index contributed by atoms with van der Waals surface area (Å²) in [5, 5.41) is 4.96. The van der Waals surface area contributed by atoms with Gasteiger partial charge in [-0.15, -0.1) is 11.3 Å². The Labute approximate surface area is 175 Å². The highest BCUT2D eigenvalue weighted by Gasteiger charge is 2.21. The van der Waals surface area contributed by atoms with Crippen molar-refractivity contribution in [2.45, 2.75) is 45.4 Å². The Bertz CT molecular complexity index is 784. The number of ether oxygens (including phenoxy) is 2. The van der Waals surface area contributed by atoms with Crippen LogP contribution in [0.2, 0.25) is 0 Å². The number of rotatable bonds is 9. The van der Waals surface area contributed by atoms with Gasteiger partial charge in [0.15, 0.2) is 0 Å². The van der Waals surface area contributed by atoms with Crippen LogP contribution in [0.1, 0.15) is 41.9 Å². The Balaban J connectivity index is 1.56. The molecule has 0 spiro atoms. The molecule has 1 saturated heterocycles. The Hall–Kier alpha value is -2.22. The summed E-state index contributed by atoms with van der Waals surface area (Å²) in [6.07, 6.45) is 2.14. The molecule has 0 aliphatic carbocycles. The SMILES string of the molecule is CC(C)OC(=O)c1ccc(NC(=O)CN(Cc2cccs2)C[C@H]2CCCO2)cc1. The van der Waals surface area contributed by atoms with E-state index in [4.69, 9.17) is 9.47 Å². The summed E-state index contributed by atoms with van der Waals surface area (Å²) in [5.41, 5.74) is 1.12. The lowest BCUT2D eigenvalue weighted by Gasteiger charge is -2.24. The minimum Gasteiger partial charge on any atom is -0.459 e. The molecule has 1 atom stereocenters. The number of amides is 1. The standard InChI is InChI=1S/C22H28N2O4S/c1-16(2)28-22(26)17-7-9-18(10-8-17)23-21(25)15-24(13-19-5-3-11-27-19)14-20-6-4-12-29-20/h4,6-10,12,16,19H,3,5,11,13-15H2,1-2H3,(H,23,25)/t19-/m1/s1. The van der Waals surface area contributed by atoms with Crippen molar-refractivity contribution in [1.82, 2.24) is 4.90 Å². The average molecular weight is 417 g/mol. The fourth-order valence-electron chi connectivity index (χ4n) is 3.26. The molecule has 0 unspecified atom stereocenters. The topological polar surface area (TPSA) is 67.9 Å². The van der Waals surface area contributed by atoms with Gasteiger partial charge in [0.1, 0.15) is 0 Å². The van der Waals surface area contributed by atoms with E-state index in [0.717, 1.165) is 32.5 Å². The molecular formula is C22H28N2O4S. The largest absolute Gasteiger partial charge is 0.459 e. The lowest BCUT2D eigenvalue weighted by molar-refractivity contribution is -0.117. The van der Waals surface area contributed by atoms with Crippen molar-refractivity contribution in [2.75, 3.05) is 25.0 Å². The lowest BCUT2D eigenvalue weighted by atomic mass is 10.2. The van der Waals surface area contributed by atoms with E-state index in [2.05, 4.69) is 16.3 Å². The van der Waals surface area contributed by atoms with Crippen LogP contribution in [0, 0.1) is 0 Å². The van der Waals surface area contributed by atoms with Crippen LogP contribution in [0.5, 0.6) is 0 Å². The summed E-state index contributed by atoms with van der Waals surface area (Å²) in [6, 6.07) is 10.9. The zero-order valence-electron chi connectivity index (χ0n) is 16.9. The van der Waals surface area contributed by atoms with Gasteiger partial charge in [0.25, 0.3) is 0 Å². The van der Waals surface area contributed by atoms with Crippen LogP contribution >= 0.6 is 11.3 Å². The number of hydrogen-bond donors (Lipinski definition) is 1. The van der Waals surface area contributed by atoms with Gasteiger partial charge < -0.3 is 14.8 Å². The summed E-state index contributed by atoms with van der Waals surface area (Å²) >= 11 is 1.69. The highest BCUT2D eigenvalue weighted by molar-refractivity contribution is 7.09. The number of nitrogens with one attached hydrogen (secondary N) is 1. The number of thiophene rings is 1. The van der Waals surface area contributed by atoms with E-state index in [1.54, 1.807) is 35.6 Å². The van der Waals surface area contributed by atoms with E-state index in [-0.39, 0.29) is 30.6 Å². The molecule has 1 N–H and O–H groups in total. The molecule has 1 aromatic carbocycles. The van der Waals surface area contributed by atoms with Crippen molar-refractivity contribution < 1.29 is 19.1 Å². The maximum Gasteiger partial charge on any atom is 0.338 e. The molecule has 0 bridgehead atoms. The number of carbonyl (C=O) groups is 2. The first kappa shape index (κ1) is 21.5. The molecule has 29 heavy (non-hydrogen) atoms. The first-order valence-electron chi connectivity index (χ1n) is 9.97. The summed E-state index contributed by atoms with van der Waals surface area (Å²) < 4.78 is 10.9. The molecule has 2 heterocycles. The van der Waals surface area contributed by atoms with E-state index in [1.807, 2.05) is 25.3 Å². The second-order valence-electron chi connectivity index (χ2n) is 7.46. The summed E-state index contributed by atoms with van der Waals surface area (Å²) in [6.45, 7) is 6.18. The molecule has 7 heteroatoms. The van der Waals surface area contributed by atoms with Crippen LogP contribution in [0.4, 0.5) is 5.69 Å². The summed E-state index contributed by atoms with van der Waals surface area (Å²) in [4.78, 5) is 27.9. The minimum atomic E-state index is -0.364. The van der Waals surface area contributed by atoms with Gasteiger partial charge in [-0.3, -0.25) is 9.69 Å². The van der Waals surface area contributed by atoms with Crippen molar-refractivity contribution in [3.8, 4) is 0 Å². The Kier molecular flexibility index (Phi) is 7.80. The lowest BCUT2D eigenvalue weighted by Crippen LogP contribution is -2.37. The Morgan fingerprint density at radius 1 is 1.28 bits per heavy atom. The van der Waals surface area contributed by atoms with Gasteiger partial charge in [0, 0.05) is 30.3 Å². The van der Waals surface area contributed by atoms with Crippen molar-refractivity contribution >= 4 is 28.9 Å². The van der Waals surface area contributed by atoms with Gasteiger partial charge in [-0.1, -0.05) is 6.07 Å². The average Bonchev–Trinajstić information content (AvgIpc) is 3.36. The van der Waals surface area contributed by atoms with Gasteiger partial charge in [-0.25, -0.2) is 4.79 Å². The molecule has 1 aliphatic rings. The third kappa shape index (κ3) is 6.96. The maximum atomic E-state index is 12.6. The molecule has 6 nitrogen and oxygen atoms in total. The van der Waals surface area contributed by atoms with Crippen LogP contribution in [0.25, 0.3) is 0 Å². The van der Waals surface area contributed by atoms with Gasteiger partial charge in [-0.05, 0) is 62.4 Å². The molecule has 0 saturated carbocycles. The number of benzene rings is 1. The molecule has 1 amide bonds. The first-order chi connectivity index (χ1) is 14.0. The van der Waals surface area contributed by atoms with Crippen molar-refractivity contribution in [3.05, 3.63) is 52.2 Å². The van der Waals surface area contributed by atoms with Crippen LogP contribution < -0.4 is 5.32 Å². The predicted octanol–water partition coefficient (Wildman–Crippen LogP) is 3.93. The maximum absolute atomic E-state index is 12.6. The smallest absolute Gasteiger partial charge is 0.338 e. The van der Waals surface area contributed by atoms with E-state index in [9.17, 15) is 9.59 Å². The molecule has 1 aliphatic heterocycles. The number of anilines is 1. The molecule has 1 fully saturated rings. The van der Waals surface area contributed by atoms with Gasteiger partial charge in [-0.2, -0.15) is 0 Å².